The van der Waals surface area contributed by atoms with Crippen LogP contribution < -0.4 is 10.9 Å². The highest BCUT2D eigenvalue weighted by atomic mass is 35.5. The molecule has 148 valence electrons. The maximum atomic E-state index is 12.7. The quantitative estimate of drug-likeness (QED) is 0.687. The van der Waals surface area contributed by atoms with Crippen molar-refractivity contribution in [2.75, 3.05) is 5.32 Å². The smallest absolute Gasteiger partial charge is 0.254 e. The van der Waals surface area contributed by atoms with E-state index < -0.39 is 0 Å². The van der Waals surface area contributed by atoms with Crippen LogP contribution in [0.2, 0.25) is 5.02 Å². The number of amides is 1. The summed E-state index contributed by atoms with van der Waals surface area (Å²) in [5.41, 5.74) is 4.52. The molecule has 1 aliphatic rings. The lowest BCUT2D eigenvalue weighted by molar-refractivity contribution is -0.116. The third-order valence-corrected chi connectivity index (χ3v) is 5.43. The normalized spacial score (nSPS) is 12.6. The predicted octanol–water partition coefficient (Wildman–Crippen LogP) is 4.25. The van der Waals surface area contributed by atoms with E-state index in [9.17, 15) is 9.59 Å². The summed E-state index contributed by atoms with van der Waals surface area (Å²) in [6.45, 7) is 1.82. The highest BCUT2D eigenvalue weighted by molar-refractivity contribution is 6.30. The molecule has 0 radical (unpaired) electrons. The van der Waals surface area contributed by atoms with E-state index in [-0.39, 0.29) is 18.0 Å². The molecule has 2 aromatic carbocycles. The molecule has 29 heavy (non-hydrogen) atoms. The molecule has 1 heterocycles. The van der Waals surface area contributed by atoms with Gasteiger partial charge in [-0.25, -0.2) is 4.98 Å². The minimum atomic E-state index is -0.264. The lowest BCUT2D eigenvalue weighted by Gasteiger charge is -2.14. The summed E-state index contributed by atoms with van der Waals surface area (Å²) in [4.78, 5) is 30.0. The first-order valence-corrected chi connectivity index (χ1v) is 10.2. The van der Waals surface area contributed by atoms with Crippen LogP contribution in [0, 0.1) is 0 Å². The zero-order valence-corrected chi connectivity index (χ0v) is 17.0. The molecule has 0 saturated carbocycles. The molecular formula is C23H22ClN3O2. The third kappa shape index (κ3) is 4.25. The minimum Gasteiger partial charge on any atom is -0.325 e. The Kier molecular flexibility index (Phi) is 5.49. The van der Waals surface area contributed by atoms with E-state index in [2.05, 4.69) is 16.4 Å². The molecule has 0 bridgehead atoms. The van der Waals surface area contributed by atoms with Gasteiger partial charge >= 0.3 is 0 Å². The van der Waals surface area contributed by atoms with Crippen molar-refractivity contribution in [3.8, 4) is 11.4 Å². The number of rotatable bonds is 5. The Morgan fingerprint density at radius 2 is 1.97 bits per heavy atom. The van der Waals surface area contributed by atoms with E-state index in [1.54, 1.807) is 18.2 Å². The number of aromatic nitrogens is 2. The Balaban J connectivity index is 1.64. The van der Waals surface area contributed by atoms with Gasteiger partial charge in [-0.05, 0) is 61.1 Å². The zero-order chi connectivity index (χ0) is 20.4. The number of fused-ring (bicyclic) bond motifs is 1. The van der Waals surface area contributed by atoms with Gasteiger partial charge in [0.1, 0.15) is 12.4 Å². The van der Waals surface area contributed by atoms with Crippen molar-refractivity contribution >= 4 is 23.2 Å². The second kappa shape index (κ2) is 8.21. The molecule has 1 aromatic heterocycles. The van der Waals surface area contributed by atoms with Gasteiger partial charge in [0.15, 0.2) is 0 Å². The molecule has 0 atom stereocenters. The number of nitrogens with one attached hydrogen (secondary N) is 1. The maximum Gasteiger partial charge on any atom is 0.254 e. The maximum absolute atomic E-state index is 12.7. The van der Waals surface area contributed by atoms with Crippen molar-refractivity contribution < 1.29 is 4.79 Å². The number of carbonyl (C=O) groups is 1. The number of hydrogen-bond donors (Lipinski definition) is 1. The Bertz CT molecular complexity index is 1140. The molecule has 0 aliphatic heterocycles. The summed E-state index contributed by atoms with van der Waals surface area (Å²) in [5.74, 6) is 0.181. The van der Waals surface area contributed by atoms with Gasteiger partial charge in [0.2, 0.25) is 5.91 Å². The first kappa shape index (κ1) is 19.4. The van der Waals surface area contributed by atoms with Crippen LogP contribution in [0.5, 0.6) is 0 Å². The van der Waals surface area contributed by atoms with Crippen LogP contribution in [-0.2, 0) is 30.6 Å². The fourth-order valence-corrected chi connectivity index (χ4v) is 3.92. The number of aryl methyl sites for hydroxylation is 3. The standard InChI is InChI=1S/C23H22ClN3O2/c1-2-19-13-22(29)27(23(26-19)17-7-4-8-18(24)11-17)14-21(28)25-20-10-9-15-5-3-6-16(15)12-20/h4,7-13H,2-3,5-6,14H2,1H3,(H,25,28). The number of benzene rings is 2. The molecule has 3 aromatic rings. The van der Waals surface area contributed by atoms with Crippen LogP contribution in [0.4, 0.5) is 5.69 Å². The molecule has 1 amide bonds. The van der Waals surface area contributed by atoms with E-state index in [4.69, 9.17) is 11.6 Å². The summed E-state index contributed by atoms with van der Waals surface area (Å²) in [5, 5.41) is 3.46. The summed E-state index contributed by atoms with van der Waals surface area (Å²) in [6, 6.07) is 14.6. The topological polar surface area (TPSA) is 64.0 Å². The van der Waals surface area contributed by atoms with Crippen molar-refractivity contribution in [1.29, 1.82) is 0 Å². The van der Waals surface area contributed by atoms with E-state index in [0.29, 0.717) is 28.5 Å². The molecule has 6 heteroatoms. The Labute approximate surface area is 174 Å². The molecular weight excluding hydrogens is 386 g/mol. The molecule has 0 saturated heterocycles. The third-order valence-electron chi connectivity index (χ3n) is 5.19. The number of anilines is 1. The van der Waals surface area contributed by atoms with Crippen LogP contribution in [0.3, 0.4) is 0 Å². The predicted molar refractivity (Wildman–Crippen MR) is 115 cm³/mol. The lowest BCUT2D eigenvalue weighted by Crippen LogP contribution is -2.30. The zero-order valence-electron chi connectivity index (χ0n) is 16.2. The fourth-order valence-electron chi connectivity index (χ4n) is 3.73. The molecule has 0 spiro atoms. The molecule has 0 fully saturated rings. The molecule has 5 nitrogen and oxygen atoms in total. The van der Waals surface area contributed by atoms with Gasteiger partial charge in [0.25, 0.3) is 5.56 Å². The summed E-state index contributed by atoms with van der Waals surface area (Å²) >= 11 is 6.13. The van der Waals surface area contributed by atoms with E-state index in [1.807, 2.05) is 25.1 Å². The van der Waals surface area contributed by atoms with Gasteiger partial charge in [-0.15, -0.1) is 0 Å². The summed E-state index contributed by atoms with van der Waals surface area (Å²) < 4.78 is 1.40. The van der Waals surface area contributed by atoms with Gasteiger partial charge in [-0.1, -0.05) is 36.7 Å². The van der Waals surface area contributed by atoms with Gasteiger partial charge in [-0.3, -0.25) is 14.2 Å². The first-order valence-electron chi connectivity index (χ1n) is 9.82. The average Bonchev–Trinajstić information content (AvgIpc) is 3.17. The van der Waals surface area contributed by atoms with Crippen molar-refractivity contribution in [2.45, 2.75) is 39.2 Å². The van der Waals surface area contributed by atoms with Crippen molar-refractivity contribution in [2.24, 2.45) is 0 Å². The number of nitrogens with zero attached hydrogens (tertiary/aromatic N) is 2. The van der Waals surface area contributed by atoms with Crippen LogP contribution >= 0.6 is 11.6 Å². The van der Waals surface area contributed by atoms with Gasteiger partial charge in [0.05, 0.1) is 0 Å². The highest BCUT2D eigenvalue weighted by Crippen LogP contribution is 2.25. The molecule has 0 unspecified atom stereocenters. The average molecular weight is 408 g/mol. The van der Waals surface area contributed by atoms with E-state index in [0.717, 1.165) is 24.9 Å². The van der Waals surface area contributed by atoms with Crippen molar-refractivity contribution in [3.63, 3.8) is 0 Å². The van der Waals surface area contributed by atoms with Crippen LogP contribution in [0.1, 0.15) is 30.2 Å². The summed E-state index contributed by atoms with van der Waals surface area (Å²) in [7, 11) is 0. The molecule has 1 aliphatic carbocycles. The van der Waals surface area contributed by atoms with Crippen molar-refractivity contribution in [3.05, 3.63) is 80.7 Å². The number of halogens is 1. The number of carbonyl (C=O) groups excluding carboxylic acids is 1. The molecule has 4 rings (SSSR count). The Morgan fingerprint density at radius 1 is 1.14 bits per heavy atom. The minimum absolute atomic E-state index is 0.116. The van der Waals surface area contributed by atoms with Crippen LogP contribution in [-0.4, -0.2) is 15.5 Å². The lowest BCUT2D eigenvalue weighted by atomic mass is 10.1. The number of hydrogen-bond acceptors (Lipinski definition) is 3. The SMILES string of the molecule is CCc1cc(=O)n(CC(=O)Nc2ccc3c(c2)CCC3)c(-c2cccc(Cl)c2)n1. The van der Waals surface area contributed by atoms with Gasteiger partial charge in [-0.2, -0.15) is 0 Å². The monoisotopic (exact) mass is 407 g/mol. The summed E-state index contributed by atoms with van der Waals surface area (Å²) in [6.07, 6.45) is 3.92. The van der Waals surface area contributed by atoms with E-state index >= 15 is 0 Å². The Hall–Kier alpha value is -2.92. The first-order chi connectivity index (χ1) is 14.0. The van der Waals surface area contributed by atoms with E-state index in [1.165, 1.54) is 21.8 Å². The van der Waals surface area contributed by atoms with Crippen molar-refractivity contribution in [1.82, 2.24) is 9.55 Å². The second-order valence-corrected chi connectivity index (χ2v) is 7.68. The van der Waals surface area contributed by atoms with Crippen LogP contribution in [0.25, 0.3) is 11.4 Å². The van der Waals surface area contributed by atoms with Gasteiger partial charge < -0.3 is 5.32 Å². The second-order valence-electron chi connectivity index (χ2n) is 7.24. The van der Waals surface area contributed by atoms with Crippen LogP contribution in [0.15, 0.2) is 53.3 Å². The Morgan fingerprint density at radius 3 is 2.76 bits per heavy atom. The largest absolute Gasteiger partial charge is 0.325 e. The molecule has 1 N–H and O–H groups in total. The van der Waals surface area contributed by atoms with Gasteiger partial charge in [0, 0.05) is 28.0 Å². The fraction of sp³-hybridized carbons (Fsp3) is 0.261. The highest BCUT2D eigenvalue weighted by Gasteiger charge is 2.16.